The number of hydrogen-bond donors (Lipinski definition) is 1. The molecule has 3 heterocycles. The Hall–Kier alpha value is -3.23. The third kappa shape index (κ3) is 4.77. The average Bonchev–Trinajstić information content (AvgIpc) is 3.36. The fourth-order valence-electron chi connectivity index (χ4n) is 3.71. The maximum atomic E-state index is 13.7. The minimum absolute atomic E-state index is 0.215. The van der Waals surface area contributed by atoms with E-state index in [4.69, 9.17) is 16.7 Å². The Labute approximate surface area is 197 Å². The second-order valence-corrected chi connectivity index (χ2v) is 9.15. The zero-order valence-corrected chi connectivity index (χ0v) is 19.9. The molecule has 0 unspecified atom stereocenters. The van der Waals surface area contributed by atoms with Crippen LogP contribution in [0, 0.1) is 6.92 Å². The molecular weight excluding hydrogens is 440 g/mol. The molecule has 9 heteroatoms. The van der Waals surface area contributed by atoms with E-state index >= 15 is 0 Å². The summed E-state index contributed by atoms with van der Waals surface area (Å²) in [5.74, 6) is -0.215. The highest BCUT2D eigenvalue weighted by atomic mass is 35.5. The molecule has 8 nitrogen and oxygen atoms in total. The molecule has 3 aromatic heterocycles. The van der Waals surface area contributed by atoms with Crippen molar-refractivity contribution in [2.45, 2.75) is 46.3 Å². The fourth-order valence-corrected chi connectivity index (χ4v) is 3.89. The highest BCUT2D eigenvalue weighted by Crippen LogP contribution is 2.34. The zero-order chi connectivity index (χ0) is 23.8. The van der Waals surface area contributed by atoms with Gasteiger partial charge in [0.1, 0.15) is 11.3 Å². The SMILES string of the molecule is CCCN(C(=O)c1cnn2cccnc12)c1cn(CC(C)(C)O)nc1-c1ccc(C)c(Cl)c1. The van der Waals surface area contributed by atoms with Crippen LogP contribution in [0.1, 0.15) is 43.1 Å². The van der Waals surface area contributed by atoms with Gasteiger partial charge in [-0.3, -0.25) is 9.48 Å². The number of aliphatic hydroxyl groups is 1. The average molecular weight is 467 g/mol. The number of carbonyl (C=O) groups excluding carboxylic acids is 1. The lowest BCUT2D eigenvalue weighted by Crippen LogP contribution is -2.32. The molecule has 0 atom stereocenters. The Morgan fingerprint density at radius 1 is 1.30 bits per heavy atom. The second-order valence-electron chi connectivity index (χ2n) is 8.74. The van der Waals surface area contributed by atoms with Crippen molar-refractivity contribution in [1.82, 2.24) is 24.4 Å². The predicted octanol–water partition coefficient (Wildman–Crippen LogP) is 4.38. The van der Waals surface area contributed by atoms with Crippen LogP contribution >= 0.6 is 11.6 Å². The van der Waals surface area contributed by atoms with Crippen LogP contribution in [0.3, 0.4) is 0 Å². The van der Waals surface area contributed by atoms with E-state index in [-0.39, 0.29) is 12.5 Å². The van der Waals surface area contributed by atoms with Gasteiger partial charge in [0.05, 0.1) is 24.0 Å². The highest BCUT2D eigenvalue weighted by Gasteiger charge is 2.27. The number of fused-ring (bicyclic) bond motifs is 1. The van der Waals surface area contributed by atoms with E-state index in [1.54, 1.807) is 52.6 Å². The molecule has 172 valence electrons. The van der Waals surface area contributed by atoms with Gasteiger partial charge in [-0.1, -0.05) is 30.7 Å². The van der Waals surface area contributed by atoms with E-state index < -0.39 is 5.60 Å². The van der Waals surface area contributed by atoms with Gasteiger partial charge in [-0.15, -0.1) is 0 Å². The minimum Gasteiger partial charge on any atom is -0.389 e. The second kappa shape index (κ2) is 8.96. The van der Waals surface area contributed by atoms with Crippen molar-refractivity contribution in [2.75, 3.05) is 11.4 Å². The summed E-state index contributed by atoms with van der Waals surface area (Å²) in [7, 11) is 0. The standard InChI is InChI=1S/C24H27ClN6O2/c1-5-10-30(23(32)18-13-27-31-11-6-9-26-22(18)31)20-14-29(15-24(3,4)33)28-21(20)17-8-7-16(2)19(25)12-17/h6-9,11-14,33H,5,10,15H2,1-4H3. The monoisotopic (exact) mass is 466 g/mol. The number of rotatable bonds is 7. The Morgan fingerprint density at radius 2 is 2.09 bits per heavy atom. The summed E-state index contributed by atoms with van der Waals surface area (Å²) in [6, 6.07) is 7.48. The minimum atomic E-state index is -0.975. The van der Waals surface area contributed by atoms with Crippen LogP contribution in [-0.2, 0) is 6.54 Å². The molecular formula is C24H27ClN6O2. The molecule has 0 bridgehead atoms. The Morgan fingerprint density at radius 3 is 2.79 bits per heavy atom. The molecule has 4 aromatic rings. The molecule has 0 aliphatic carbocycles. The number of hydrogen-bond acceptors (Lipinski definition) is 5. The lowest BCUT2D eigenvalue weighted by Gasteiger charge is -2.21. The number of aryl methyl sites for hydroxylation is 1. The van der Waals surface area contributed by atoms with Gasteiger partial charge in [0.15, 0.2) is 5.65 Å². The van der Waals surface area contributed by atoms with Crippen molar-refractivity contribution in [2.24, 2.45) is 0 Å². The van der Waals surface area contributed by atoms with Gasteiger partial charge in [-0.2, -0.15) is 10.2 Å². The van der Waals surface area contributed by atoms with E-state index in [0.29, 0.717) is 34.2 Å². The third-order valence-corrected chi connectivity index (χ3v) is 5.64. The normalized spacial score (nSPS) is 11.8. The van der Waals surface area contributed by atoms with Crippen LogP contribution in [0.4, 0.5) is 5.69 Å². The molecule has 4 rings (SSSR count). The maximum absolute atomic E-state index is 13.7. The van der Waals surface area contributed by atoms with Crippen molar-refractivity contribution < 1.29 is 9.90 Å². The summed E-state index contributed by atoms with van der Waals surface area (Å²) >= 11 is 6.40. The Bertz CT molecular complexity index is 1300. The maximum Gasteiger partial charge on any atom is 0.263 e. The van der Waals surface area contributed by atoms with Crippen molar-refractivity contribution in [1.29, 1.82) is 0 Å². The van der Waals surface area contributed by atoms with Gasteiger partial charge >= 0.3 is 0 Å². The number of nitrogens with zero attached hydrogens (tertiary/aromatic N) is 6. The summed E-state index contributed by atoms with van der Waals surface area (Å²) in [4.78, 5) is 19.8. The molecule has 0 radical (unpaired) electrons. The fraction of sp³-hybridized carbons (Fsp3) is 0.333. The quantitative estimate of drug-likeness (QED) is 0.436. The summed E-state index contributed by atoms with van der Waals surface area (Å²) in [5.41, 5.74) is 2.93. The van der Waals surface area contributed by atoms with Gasteiger partial charge in [-0.25, -0.2) is 9.50 Å². The lowest BCUT2D eigenvalue weighted by atomic mass is 10.1. The molecule has 1 N–H and O–H groups in total. The number of anilines is 1. The smallest absolute Gasteiger partial charge is 0.263 e. The van der Waals surface area contributed by atoms with Gasteiger partial charge in [-0.05, 0) is 44.9 Å². The number of benzene rings is 1. The van der Waals surface area contributed by atoms with Crippen molar-refractivity contribution >= 4 is 28.8 Å². The van der Waals surface area contributed by atoms with Crippen LogP contribution in [0.2, 0.25) is 5.02 Å². The van der Waals surface area contributed by atoms with Gasteiger partial charge in [0.2, 0.25) is 0 Å². The van der Waals surface area contributed by atoms with Crippen molar-refractivity contribution in [3.63, 3.8) is 0 Å². The van der Waals surface area contributed by atoms with Gasteiger partial charge in [0.25, 0.3) is 5.91 Å². The summed E-state index contributed by atoms with van der Waals surface area (Å²) in [6.07, 6.45) is 7.47. The number of aromatic nitrogens is 5. The Kier molecular flexibility index (Phi) is 6.23. The largest absolute Gasteiger partial charge is 0.389 e. The van der Waals surface area contributed by atoms with Crippen LogP contribution in [0.25, 0.3) is 16.9 Å². The molecule has 0 fully saturated rings. The van der Waals surface area contributed by atoms with Crippen LogP contribution in [-0.4, -0.2) is 47.5 Å². The zero-order valence-electron chi connectivity index (χ0n) is 19.2. The van der Waals surface area contributed by atoms with E-state index in [9.17, 15) is 9.90 Å². The third-order valence-electron chi connectivity index (χ3n) is 5.23. The lowest BCUT2D eigenvalue weighted by molar-refractivity contribution is 0.0578. The van der Waals surface area contributed by atoms with Gasteiger partial charge in [0, 0.05) is 35.7 Å². The molecule has 0 aliphatic heterocycles. The van der Waals surface area contributed by atoms with Crippen molar-refractivity contribution in [3.8, 4) is 11.3 Å². The van der Waals surface area contributed by atoms with E-state index in [1.807, 2.05) is 32.0 Å². The summed E-state index contributed by atoms with van der Waals surface area (Å²) in [6.45, 7) is 8.13. The molecule has 0 spiro atoms. The molecule has 0 saturated heterocycles. The molecule has 0 aliphatic rings. The Balaban J connectivity index is 1.85. The topological polar surface area (TPSA) is 88.5 Å². The first-order valence-electron chi connectivity index (χ1n) is 10.8. The summed E-state index contributed by atoms with van der Waals surface area (Å²) < 4.78 is 3.25. The molecule has 0 saturated carbocycles. The predicted molar refractivity (Wildman–Crippen MR) is 129 cm³/mol. The molecule has 1 amide bonds. The van der Waals surface area contributed by atoms with E-state index in [0.717, 1.165) is 17.5 Å². The number of carbonyl (C=O) groups is 1. The van der Waals surface area contributed by atoms with E-state index in [2.05, 4.69) is 10.1 Å². The first-order valence-corrected chi connectivity index (χ1v) is 11.2. The van der Waals surface area contributed by atoms with Crippen LogP contribution < -0.4 is 4.90 Å². The molecule has 33 heavy (non-hydrogen) atoms. The first kappa shape index (κ1) is 22.9. The van der Waals surface area contributed by atoms with Gasteiger partial charge < -0.3 is 10.0 Å². The number of amides is 1. The van der Waals surface area contributed by atoms with Crippen molar-refractivity contribution in [3.05, 3.63) is 65.2 Å². The summed E-state index contributed by atoms with van der Waals surface area (Å²) in [5, 5.41) is 20.0. The molecule has 1 aromatic carbocycles. The highest BCUT2D eigenvalue weighted by molar-refractivity contribution is 6.31. The number of halogens is 1. The van der Waals surface area contributed by atoms with Crippen LogP contribution in [0.15, 0.2) is 49.1 Å². The van der Waals surface area contributed by atoms with Crippen LogP contribution in [0.5, 0.6) is 0 Å². The first-order chi connectivity index (χ1) is 15.7. The van der Waals surface area contributed by atoms with E-state index in [1.165, 1.54) is 6.20 Å².